The van der Waals surface area contributed by atoms with Crippen LogP contribution in [0.5, 0.6) is 23.0 Å². The van der Waals surface area contributed by atoms with Gasteiger partial charge in [-0.25, -0.2) is 4.79 Å². The first-order valence-corrected chi connectivity index (χ1v) is 12.6. The molecule has 0 bridgehead atoms. The summed E-state index contributed by atoms with van der Waals surface area (Å²) in [6, 6.07) is 17.5. The summed E-state index contributed by atoms with van der Waals surface area (Å²) in [6.07, 6.45) is 2.79. The fraction of sp³-hybridized carbons (Fsp3) is 0.172. The molecule has 7 nitrogen and oxygen atoms in total. The Labute approximate surface area is 230 Å². The molecule has 1 aliphatic heterocycles. The molecular formula is C29H24Cl2N2O5. The molecule has 1 unspecified atom stereocenters. The van der Waals surface area contributed by atoms with Gasteiger partial charge < -0.3 is 24.7 Å². The number of esters is 1. The second kappa shape index (κ2) is 12.0. The Kier molecular flexibility index (Phi) is 8.47. The van der Waals surface area contributed by atoms with Crippen LogP contribution < -0.4 is 24.7 Å². The summed E-state index contributed by atoms with van der Waals surface area (Å²) >= 11 is 12.1. The van der Waals surface area contributed by atoms with E-state index in [1.807, 2.05) is 26.0 Å². The first-order chi connectivity index (χ1) is 18.3. The zero-order chi connectivity index (χ0) is 27.2. The van der Waals surface area contributed by atoms with Crippen molar-refractivity contribution >= 4 is 35.2 Å². The van der Waals surface area contributed by atoms with E-state index in [0.29, 0.717) is 51.6 Å². The highest BCUT2D eigenvalue weighted by Crippen LogP contribution is 2.45. The summed E-state index contributed by atoms with van der Waals surface area (Å²) in [6.45, 7) is 4.71. The van der Waals surface area contributed by atoms with Gasteiger partial charge in [0.2, 0.25) is 5.88 Å². The topological polar surface area (TPSA) is 104 Å². The number of nitriles is 1. The van der Waals surface area contributed by atoms with E-state index in [2.05, 4.69) is 6.07 Å². The van der Waals surface area contributed by atoms with Crippen molar-refractivity contribution in [3.63, 3.8) is 0 Å². The molecule has 0 radical (unpaired) electrons. The molecule has 194 valence electrons. The van der Waals surface area contributed by atoms with E-state index < -0.39 is 11.9 Å². The summed E-state index contributed by atoms with van der Waals surface area (Å²) < 4.78 is 22.6. The summed E-state index contributed by atoms with van der Waals surface area (Å²) in [5.74, 6) is 0.623. The molecule has 9 heteroatoms. The van der Waals surface area contributed by atoms with Gasteiger partial charge in [0.15, 0.2) is 11.5 Å². The third-order valence-electron chi connectivity index (χ3n) is 5.67. The van der Waals surface area contributed by atoms with Gasteiger partial charge in [0.05, 0.1) is 19.1 Å². The lowest BCUT2D eigenvalue weighted by molar-refractivity contribution is -0.128. The van der Waals surface area contributed by atoms with Crippen LogP contribution in [0.3, 0.4) is 0 Å². The van der Waals surface area contributed by atoms with E-state index in [-0.39, 0.29) is 17.2 Å². The molecule has 1 heterocycles. The predicted molar refractivity (Wildman–Crippen MR) is 146 cm³/mol. The smallest absolute Gasteiger partial charge is 0.336 e. The molecule has 4 rings (SSSR count). The maximum absolute atomic E-state index is 12.4. The third kappa shape index (κ3) is 5.88. The van der Waals surface area contributed by atoms with Gasteiger partial charge in [0.1, 0.15) is 23.1 Å². The van der Waals surface area contributed by atoms with Crippen molar-refractivity contribution in [1.82, 2.24) is 0 Å². The van der Waals surface area contributed by atoms with Gasteiger partial charge in [-0.3, -0.25) is 0 Å². The monoisotopic (exact) mass is 550 g/mol. The largest absolute Gasteiger partial charge is 0.490 e. The minimum absolute atomic E-state index is 0.0300. The number of carbonyl (C=O) groups is 1. The van der Waals surface area contributed by atoms with Crippen molar-refractivity contribution in [3.8, 4) is 29.1 Å². The van der Waals surface area contributed by atoms with Gasteiger partial charge >= 0.3 is 5.97 Å². The van der Waals surface area contributed by atoms with Gasteiger partial charge in [0.25, 0.3) is 0 Å². The molecular weight excluding hydrogens is 527 g/mol. The van der Waals surface area contributed by atoms with Crippen LogP contribution in [0.2, 0.25) is 10.0 Å². The molecule has 0 amide bonds. The number of halogens is 2. The van der Waals surface area contributed by atoms with E-state index in [1.54, 1.807) is 42.5 Å². The number of hydrogen-bond acceptors (Lipinski definition) is 7. The molecule has 0 saturated carbocycles. The van der Waals surface area contributed by atoms with Crippen LogP contribution >= 0.6 is 23.2 Å². The van der Waals surface area contributed by atoms with Crippen molar-refractivity contribution < 1.29 is 23.7 Å². The molecule has 3 aromatic carbocycles. The van der Waals surface area contributed by atoms with Gasteiger partial charge in [-0.05, 0) is 61.4 Å². The molecule has 1 atom stereocenters. The van der Waals surface area contributed by atoms with Crippen LogP contribution in [-0.4, -0.2) is 19.2 Å². The number of hydrogen-bond donors (Lipinski definition) is 1. The summed E-state index contributed by atoms with van der Waals surface area (Å²) in [5, 5.41) is 10.8. The van der Waals surface area contributed by atoms with Crippen molar-refractivity contribution in [2.24, 2.45) is 5.73 Å². The molecule has 3 aromatic rings. The van der Waals surface area contributed by atoms with Crippen LogP contribution in [-0.2, 0) is 4.79 Å². The molecule has 38 heavy (non-hydrogen) atoms. The first kappa shape index (κ1) is 26.9. The van der Waals surface area contributed by atoms with E-state index in [0.717, 1.165) is 5.56 Å². The quantitative estimate of drug-likeness (QED) is 0.190. The standard InChI is InChI=1S/C29H24Cl2N2O5/c1-3-35-24-11-6-18(13-26(24)36-4-2)28-21-10-9-20(15-25(21)38-29(33)22(28)16-32)37-27(34)12-7-17-5-8-19(30)14-23(17)31/h5-15,28H,3-4,33H2,1-2H3/b12-7+. The average molecular weight is 551 g/mol. The van der Waals surface area contributed by atoms with Gasteiger partial charge in [0, 0.05) is 27.8 Å². The Morgan fingerprint density at radius 2 is 1.82 bits per heavy atom. The fourth-order valence-corrected chi connectivity index (χ4v) is 4.51. The molecule has 0 aliphatic carbocycles. The van der Waals surface area contributed by atoms with Crippen LogP contribution in [0.25, 0.3) is 6.08 Å². The molecule has 0 spiro atoms. The summed E-state index contributed by atoms with van der Waals surface area (Å²) in [7, 11) is 0. The minimum Gasteiger partial charge on any atom is -0.490 e. The Bertz CT molecular complexity index is 1480. The fourth-order valence-electron chi connectivity index (χ4n) is 4.03. The Balaban J connectivity index is 1.63. The van der Waals surface area contributed by atoms with Crippen molar-refractivity contribution in [3.05, 3.63) is 98.9 Å². The number of ether oxygens (including phenoxy) is 4. The number of nitrogens with zero attached hydrogens (tertiary/aromatic N) is 1. The highest BCUT2D eigenvalue weighted by Gasteiger charge is 2.31. The van der Waals surface area contributed by atoms with Gasteiger partial charge in [-0.2, -0.15) is 5.26 Å². The van der Waals surface area contributed by atoms with E-state index in [4.69, 9.17) is 47.9 Å². The second-order valence-corrected chi connectivity index (χ2v) is 8.96. The van der Waals surface area contributed by atoms with Gasteiger partial charge in [-0.1, -0.05) is 41.4 Å². The predicted octanol–water partition coefficient (Wildman–Crippen LogP) is 6.63. The number of carbonyl (C=O) groups excluding carboxylic acids is 1. The maximum atomic E-state index is 12.4. The van der Waals surface area contributed by atoms with Crippen molar-refractivity contribution in [1.29, 1.82) is 5.26 Å². The zero-order valence-electron chi connectivity index (χ0n) is 20.7. The number of allylic oxidation sites excluding steroid dienone is 1. The Morgan fingerprint density at radius 3 is 2.53 bits per heavy atom. The lowest BCUT2D eigenvalue weighted by Crippen LogP contribution is -2.21. The van der Waals surface area contributed by atoms with Crippen LogP contribution in [0, 0.1) is 11.3 Å². The summed E-state index contributed by atoms with van der Waals surface area (Å²) in [5.41, 5.74) is 8.47. The number of nitrogens with two attached hydrogens (primary N) is 1. The first-order valence-electron chi connectivity index (χ1n) is 11.8. The van der Waals surface area contributed by atoms with Crippen LogP contribution in [0.4, 0.5) is 0 Å². The van der Waals surface area contributed by atoms with E-state index >= 15 is 0 Å². The molecule has 1 aliphatic rings. The van der Waals surface area contributed by atoms with Crippen LogP contribution in [0.15, 0.2) is 72.1 Å². The minimum atomic E-state index is -0.613. The molecule has 0 saturated heterocycles. The van der Waals surface area contributed by atoms with E-state index in [9.17, 15) is 10.1 Å². The Hall–Kier alpha value is -4.12. The molecule has 0 fully saturated rings. The third-order valence-corrected chi connectivity index (χ3v) is 6.23. The zero-order valence-corrected chi connectivity index (χ0v) is 22.2. The van der Waals surface area contributed by atoms with Gasteiger partial charge in [-0.15, -0.1) is 0 Å². The molecule has 2 N–H and O–H groups in total. The maximum Gasteiger partial charge on any atom is 0.336 e. The van der Waals surface area contributed by atoms with Crippen molar-refractivity contribution in [2.45, 2.75) is 19.8 Å². The SMILES string of the molecule is CCOc1ccc(C2C(C#N)=C(N)Oc3cc(OC(=O)/C=C/c4ccc(Cl)cc4Cl)ccc32)cc1OCC. The normalized spacial score (nSPS) is 14.4. The van der Waals surface area contributed by atoms with Crippen LogP contribution in [0.1, 0.15) is 36.5 Å². The number of rotatable bonds is 8. The summed E-state index contributed by atoms with van der Waals surface area (Å²) in [4.78, 5) is 12.4. The Morgan fingerprint density at radius 1 is 1.05 bits per heavy atom. The highest BCUT2D eigenvalue weighted by molar-refractivity contribution is 6.35. The average Bonchev–Trinajstić information content (AvgIpc) is 2.88. The lowest BCUT2D eigenvalue weighted by Gasteiger charge is -2.27. The van der Waals surface area contributed by atoms with E-state index in [1.165, 1.54) is 12.2 Å². The lowest BCUT2D eigenvalue weighted by atomic mass is 9.83. The second-order valence-electron chi connectivity index (χ2n) is 8.12. The molecule has 0 aromatic heterocycles. The highest BCUT2D eigenvalue weighted by atomic mass is 35.5. The number of benzene rings is 3. The van der Waals surface area contributed by atoms with Crippen molar-refractivity contribution in [2.75, 3.05) is 13.2 Å². The number of fused-ring (bicyclic) bond motifs is 1.